The van der Waals surface area contributed by atoms with E-state index in [0.717, 1.165) is 5.46 Å². The standard InChI is InChI=1S/C26H37BN6O6/c1-8-36-21(34)18-11-28-24(29-12-18)33-10-9-32(15-20(33)22(35)37-16-17(2)3)23-30-13-19(14-31-23)27-38-25(4,5)26(6,7)39-27/h11-14,17,20H,8-10,15-16H2,1-7H3. The molecular weight excluding hydrogens is 503 g/mol. The number of hydrogen-bond acceptors (Lipinski definition) is 12. The summed E-state index contributed by atoms with van der Waals surface area (Å²) in [6, 6.07) is -0.697. The molecule has 2 fully saturated rings. The molecule has 0 saturated carbocycles. The summed E-state index contributed by atoms with van der Waals surface area (Å²) in [5.41, 5.74) is 0.0345. The minimum absolute atomic E-state index is 0.188. The van der Waals surface area contributed by atoms with E-state index >= 15 is 0 Å². The van der Waals surface area contributed by atoms with Crippen LogP contribution < -0.4 is 15.3 Å². The summed E-state index contributed by atoms with van der Waals surface area (Å²) in [4.78, 5) is 46.7. The smallest absolute Gasteiger partial charge is 0.464 e. The number of ether oxygens (including phenoxy) is 2. The quantitative estimate of drug-likeness (QED) is 0.357. The van der Waals surface area contributed by atoms with Crippen LogP contribution in [-0.4, -0.2) is 89.1 Å². The van der Waals surface area contributed by atoms with Gasteiger partial charge in [-0.15, -0.1) is 0 Å². The lowest BCUT2D eigenvalue weighted by molar-refractivity contribution is -0.146. The van der Waals surface area contributed by atoms with Gasteiger partial charge in [-0.3, -0.25) is 0 Å². The lowest BCUT2D eigenvalue weighted by Gasteiger charge is -2.40. The highest BCUT2D eigenvalue weighted by atomic mass is 16.7. The average molecular weight is 540 g/mol. The Bertz CT molecular complexity index is 1140. The largest absolute Gasteiger partial charge is 0.498 e. The number of nitrogens with zero attached hydrogens (tertiary/aromatic N) is 6. The molecule has 2 aliphatic rings. The van der Waals surface area contributed by atoms with Gasteiger partial charge in [-0.2, -0.15) is 0 Å². The van der Waals surface area contributed by atoms with E-state index < -0.39 is 30.3 Å². The lowest BCUT2D eigenvalue weighted by atomic mass is 9.81. The van der Waals surface area contributed by atoms with Crippen LogP contribution in [0.15, 0.2) is 24.8 Å². The molecule has 0 radical (unpaired) electrons. The molecule has 210 valence electrons. The van der Waals surface area contributed by atoms with Crippen molar-refractivity contribution in [2.75, 3.05) is 42.6 Å². The molecule has 13 heteroatoms. The predicted octanol–water partition coefficient (Wildman–Crippen LogP) is 1.64. The second kappa shape index (κ2) is 11.4. The fourth-order valence-electron chi connectivity index (χ4n) is 4.14. The van der Waals surface area contributed by atoms with Crippen molar-refractivity contribution >= 4 is 36.4 Å². The van der Waals surface area contributed by atoms with Crippen molar-refractivity contribution in [2.24, 2.45) is 5.92 Å². The van der Waals surface area contributed by atoms with Crippen LogP contribution in [0, 0.1) is 5.92 Å². The van der Waals surface area contributed by atoms with Crippen LogP contribution in [-0.2, 0) is 23.6 Å². The van der Waals surface area contributed by atoms with Gasteiger partial charge in [0.15, 0.2) is 0 Å². The van der Waals surface area contributed by atoms with Crippen molar-refractivity contribution in [3.8, 4) is 0 Å². The van der Waals surface area contributed by atoms with E-state index in [1.165, 1.54) is 12.4 Å². The lowest BCUT2D eigenvalue weighted by Crippen LogP contribution is -2.58. The summed E-state index contributed by atoms with van der Waals surface area (Å²) in [5, 5.41) is 0. The molecule has 4 heterocycles. The summed E-state index contributed by atoms with van der Waals surface area (Å²) < 4.78 is 22.8. The van der Waals surface area contributed by atoms with E-state index in [9.17, 15) is 9.59 Å². The van der Waals surface area contributed by atoms with E-state index in [1.54, 1.807) is 24.2 Å². The highest BCUT2D eigenvalue weighted by molar-refractivity contribution is 6.61. The molecule has 0 amide bonds. The van der Waals surface area contributed by atoms with Crippen molar-refractivity contribution in [1.82, 2.24) is 19.9 Å². The SMILES string of the molecule is CCOC(=O)c1cnc(N2CCN(c3ncc(B4OC(C)(C)C(C)(C)O4)cn3)CC2C(=O)OCC(C)C)nc1. The van der Waals surface area contributed by atoms with Crippen LogP contribution in [0.3, 0.4) is 0 Å². The minimum atomic E-state index is -0.697. The Kier molecular flexibility index (Phi) is 8.41. The molecule has 39 heavy (non-hydrogen) atoms. The van der Waals surface area contributed by atoms with Crippen LogP contribution in [0.4, 0.5) is 11.9 Å². The van der Waals surface area contributed by atoms with Gasteiger partial charge in [-0.05, 0) is 40.5 Å². The number of anilines is 2. The van der Waals surface area contributed by atoms with Gasteiger partial charge in [-0.25, -0.2) is 29.5 Å². The first kappa shape index (κ1) is 28.7. The molecule has 0 spiro atoms. The van der Waals surface area contributed by atoms with Gasteiger partial charge in [-0.1, -0.05) is 13.8 Å². The molecule has 2 aromatic rings. The molecule has 0 bridgehead atoms. The topological polar surface area (TPSA) is 129 Å². The first-order valence-corrected chi connectivity index (χ1v) is 13.3. The van der Waals surface area contributed by atoms with Crippen LogP contribution in [0.1, 0.15) is 58.8 Å². The number of aromatic nitrogens is 4. The molecular formula is C26H37BN6O6. The Balaban J connectivity index is 1.51. The summed E-state index contributed by atoms with van der Waals surface area (Å²) >= 11 is 0. The maximum Gasteiger partial charge on any atom is 0.498 e. The monoisotopic (exact) mass is 540 g/mol. The number of esters is 2. The van der Waals surface area contributed by atoms with Crippen LogP contribution in [0.5, 0.6) is 0 Å². The Morgan fingerprint density at radius 3 is 2.13 bits per heavy atom. The number of piperazine rings is 1. The predicted molar refractivity (Wildman–Crippen MR) is 145 cm³/mol. The fraction of sp³-hybridized carbons (Fsp3) is 0.615. The van der Waals surface area contributed by atoms with Crippen LogP contribution in [0.25, 0.3) is 0 Å². The third kappa shape index (κ3) is 6.30. The molecule has 2 aromatic heterocycles. The summed E-state index contributed by atoms with van der Waals surface area (Å²) in [5.74, 6) is 0.109. The number of carbonyl (C=O) groups is 2. The zero-order valence-corrected chi connectivity index (χ0v) is 23.7. The van der Waals surface area contributed by atoms with Crippen molar-refractivity contribution in [1.29, 1.82) is 0 Å². The Morgan fingerprint density at radius 2 is 1.56 bits per heavy atom. The molecule has 4 rings (SSSR count). The normalized spacial score (nSPS) is 20.3. The highest BCUT2D eigenvalue weighted by Gasteiger charge is 2.52. The van der Waals surface area contributed by atoms with Crippen molar-refractivity contribution in [3.05, 3.63) is 30.4 Å². The van der Waals surface area contributed by atoms with E-state index in [2.05, 4.69) is 19.9 Å². The third-order valence-electron chi connectivity index (χ3n) is 7.08. The first-order chi connectivity index (χ1) is 18.4. The van der Waals surface area contributed by atoms with E-state index in [4.69, 9.17) is 18.8 Å². The number of rotatable bonds is 8. The summed E-state index contributed by atoms with van der Waals surface area (Å²) in [7, 11) is -0.561. The maximum absolute atomic E-state index is 13.2. The van der Waals surface area contributed by atoms with E-state index in [-0.39, 0.29) is 30.6 Å². The van der Waals surface area contributed by atoms with Crippen molar-refractivity contribution in [2.45, 2.75) is 65.7 Å². The molecule has 2 aliphatic heterocycles. The minimum Gasteiger partial charge on any atom is -0.464 e. The van der Waals surface area contributed by atoms with Gasteiger partial charge in [0.05, 0.1) is 36.5 Å². The molecule has 0 aliphatic carbocycles. The van der Waals surface area contributed by atoms with E-state index in [1.807, 2.05) is 46.4 Å². The Morgan fingerprint density at radius 1 is 0.974 bits per heavy atom. The fourth-order valence-corrected chi connectivity index (χ4v) is 4.14. The van der Waals surface area contributed by atoms with Crippen LogP contribution in [0.2, 0.25) is 0 Å². The molecule has 0 aromatic carbocycles. The summed E-state index contributed by atoms with van der Waals surface area (Å²) in [6.07, 6.45) is 6.20. The van der Waals surface area contributed by atoms with Gasteiger partial charge >= 0.3 is 19.1 Å². The molecule has 12 nitrogen and oxygen atoms in total. The number of hydrogen-bond donors (Lipinski definition) is 0. The van der Waals surface area contributed by atoms with Crippen LogP contribution >= 0.6 is 0 Å². The van der Waals surface area contributed by atoms with E-state index in [0.29, 0.717) is 31.6 Å². The second-order valence-corrected chi connectivity index (χ2v) is 11.1. The molecule has 1 atom stereocenters. The maximum atomic E-state index is 13.2. The molecule has 0 N–H and O–H groups in total. The van der Waals surface area contributed by atoms with Gasteiger partial charge in [0.1, 0.15) is 6.04 Å². The van der Waals surface area contributed by atoms with Crippen molar-refractivity contribution in [3.63, 3.8) is 0 Å². The first-order valence-electron chi connectivity index (χ1n) is 13.3. The van der Waals surface area contributed by atoms with Crippen molar-refractivity contribution < 1.29 is 28.4 Å². The van der Waals surface area contributed by atoms with Gasteiger partial charge in [0.2, 0.25) is 11.9 Å². The zero-order chi connectivity index (χ0) is 28.4. The molecule has 2 saturated heterocycles. The average Bonchev–Trinajstić information content (AvgIpc) is 3.13. The van der Waals surface area contributed by atoms with Gasteiger partial charge in [0, 0.05) is 43.3 Å². The zero-order valence-electron chi connectivity index (χ0n) is 23.7. The Hall–Kier alpha value is -3.32. The second-order valence-electron chi connectivity index (χ2n) is 11.1. The number of carbonyl (C=O) groups excluding carboxylic acids is 2. The van der Waals surface area contributed by atoms with Gasteiger partial charge < -0.3 is 28.6 Å². The summed E-state index contributed by atoms with van der Waals surface area (Å²) in [6.45, 7) is 15.4. The third-order valence-corrected chi connectivity index (χ3v) is 7.08. The highest BCUT2D eigenvalue weighted by Crippen LogP contribution is 2.36. The molecule has 1 unspecified atom stereocenters. The van der Waals surface area contributed by atoms with Gasteiger partial charge in [0.25, 0.3) is 0 Å². The Labute approximate surface area is 229 Å².